The number of aliphatic hydroxyl groups is 1. The standard InChI is InChI=1S/C20H23NO6/c1-13(23)21-12-16(15-6-2-3-7-17(15)21)14-10-18(20(24)25)27-19(11-14)26-9-5-4-8-22/h2-3,6-7,10,12,14,19,22H,4-5,8-9,11H2,1H3,(H,24,25)/t14-,19+/m1/s1. The van der Waals surface area contributed by atoms with Crippen molar-refractivity contribution in [2.24, 2.45) is 0 Å². The highest BCUT2D eigenvalue weighted by Gasteiger charge is 2.30. The summed E-state index contributed by atoms with van der Waals surface area (Å²) in [4.78, 5) is 23.5. The molecule has 2 heterocycles. The molecule has 1 aliphatic rings. The van der Waals surface area contributed by atoms with E-state index in [9.17, 15) is 14.7 Å². The van der Waals surface area contributed by atoms with Crippen molar-refractivity contribution in [1.29, 1.82) is 0 Å². The van der Waals surface area contributed by atoms with Crippen molar-refractivity contribution in [3.05, 3.63) is 47.9 Å². The molecule has 7 nitrogen and oxygen atoms in total. The molecule has 2 aromatic rings. The summed E-state index contributed by atoms with van der Waals surface area (Å²) >= 11 is 0. The van der Waals surface area contributed by atoms with Crippen LogP contribution in [0, 0.1) is 0 Å². The third-order valence-electron chi connectivity index (χ3n) is 4.61. The smallest absolute Gasteiger partial charge is 0.370 e. The maximum absolute atomic E-state index is 12.0. The van der Waals surface area contributed by atoms with Crippen molar-refractivity contribution >= 4 is 22.8 Å². The zero-order valence-electron chi connectivity index (χ0n) is 15.1. The Balaban J connectivity index is 1.92. The van der Waals surface area contributed by atoms with Gasteiger partial charge in [0, 0.05) is 37.5 Å². The normalized spacial score (nSPS) is 19.6. The summed E-state index contributed by atoms with van der Waals surface area (Å²) in [5.41, 5.74) is 1.66. The molecule has 2 atom stereocenters. The molecule has 0 bridgehead atoms. The molecule has 0 radical (unpaired) electrons. The maximum atomic E-state index is 12.0. The van der Waals surface area contributed by atoms with Crippen molar-refractivity contribution in [2.75, 3.05) is 13.2 Å². The first-order valence-electron chi connectivity index (χ1n) is 8.96. The van der Waals surface area contributed by atoms with E-state index in [1.54, 1.807) is 16.8 Å². The van der Waals surface area contributed by atoms with Crippen molar-refractivity contribution in [1.82, 2.24) is 4.57 Å². The minimum absolute atomic E-state index is 0.0857. The van der Waals surface area contributed by atoms with Crippen molar-refractivity contribution in [3.63, 3.8) is 0 Å². The Morgan fingerprint density at radius 2 is 2.07 bits per heavy atom. The van der Waals surface area contributed by atoms with Gasteiger partial charge < -0.3 is 19.7 Å². The first-order valence-corrected chi connectivity index (χ1v) is 8.96. The van der Waals surface area contributed by atoms with Crippen LogP contribution in [0.5, 0.6) is 0 Å². The first-order chi connectivity index (χ1) is 13.0. The Morgan fingerprint density at radius 3 is 2.78 bits per heavy atom. The van der Waals surface area contributed by atoms with E-state index in [2.05, 4.69) is 0 Å². The van der Waals surface area contributed by atoms with E-state index in [0.717, 1.165) is 16.5 Å². The van der Waals surface area contributed by atoms with Crippen molar-refractivity contribution in [2.45, 2.75) is 38.4 Å². The molecule has 0 saturated carbocycles. The number of fused-ring (bicyclic) bond motifs is 1. The minimum Gasteiger partial charge on any atom is -0.475 e. The van der Waals surface area contributed by atoms with Crippen LogP contribution in [0.3, 0.4) is 0 Å². The molecule has 27 heavy (non-hydrogen) atoms. The number of rotatable bonds is 7. The van der Waals surface area contributed by atoms with E-state index >= 15 is 0 Å². The maximum Gasteiger partial charge on any atom is 0.370 e. The molecule has 1 aliphatic heterocycles. The van der Waals surface area contributed by atoms with Gasteiger partial charge in [-0.15, -0.1) is 0 Å². The third-order valence-corrected chi connectivity index (χ3v) is 4.61. The molecule has 1 aromatic carbocycles. The molecule has 1 aromatic heterocycles. The minimum atomic E-state index is -1.15. The molecule has 0 saturated heterocycles. The number of hydrogen-bond acceptors (Lipinski definition) is 5. The van der Waals surface area contributed by atoms with Gasteiger partial charge in [0.05, 0.1) is 12.1 Å². The number of carboxylic acid groups (broad SMARTS) is 1. The number of unbranched alkanes of at least 4 members (excludes halogenated alkanes) is 1. The van der Waals surface area contributed by atoms with Gasteiger partial charge in [0.15, 0.2) is 0 Å². The Labute approximate surface area is 156 Å². The van der Waals surface area contributed by atoms with Gasteiger partial charge in [-0.1, -0.05) is 18.2 Å². The van der Waals surface area contributed by atoms with Crippen LogP contribution >= 0.6 is 0 Å². The second-order valence-corrected chi connectivity index (χ2v) is 6.52. The molecular weight excluding hydrogens is 350 g/mol. The van der Waals surface area contributed by atoms with Crippen LogP contribution in [0.1, 0.15) is 42.5 Å². The fourth-order valence-electron chi connectivity index (χ4n) is 3.32. The summed E-state index contributed by atoms with van der Waals surface area (Å²) in [6.07, 6.45) is 4.37. The van der Waals surface area contributed by atoms with E-state index < -0.39 is 12.3 Å². The average Bonchev–Trinajstić information content (AvgIpc) is 3.05. The Kier molecular flexibility index (Phi) is 5.93. The molecule has 0 spiro atoms. The topological polar surface area (TPSA) is 98.0 Å². The zero-order valence-corrected chi connectivity index (χ0v) is 15.1. The van der Waals surface area contributed by atoms with Gasteiger partial charge in [0.1, 0.15) is 0 Å². The third kappa shape index (κ3) is 4.20. The van der Waals surface area contributed by atoms with Gasteiger partial charge in [0.25, 0.3) is 0 Å². The van der Waals surface area contributed by atoms with Gasteiger partial charge in [-0.3, -0.25) is 9.36 Å². The van der Waals surface area contributed by atoms with Gasteiger partial charge in [0.2, 0.25) is 18.0 Å². The summed E-state index contributed by atoms with van der Waals surface area (Å²) in [6.45, 7) is 1.95. The fraction of sp³-hybridized carbons (Fsp3) is 0.400. The number of benzene rings is 1. The van der Waals surface area contributed by atoms with Crippen LogP contribution in [0.15, 0.2) is 42.3 Å². The predicted octanol–water partition coefficient (Wildman–Crippen LogP) is 2.89. The lowest BCUT2D eigenvalue weighted by atomic mass is 9.92. The highest BCUT2D eigenvalue weighted by atomic mass is 16.7. The van der Waals surface area contributed by atoms with E-state index in [4.69, 9.17) is 14.6 Å². The van der Waals surface area contributed by atoms with Crippen LogP contribution < -0.4 is 0 Å². The summed E-state index contributed by atoms with van der Waals surface area (Å²) in [6, 6.07) is 7.54. The molecule has 0 aliphatic carbocycles. The lowest BCUT2D eigenvalue weighted by Crippen LogP contribution is -2.27. The number of carbonyl (C=O) groups is 2. The molecule has 0 fully saturated rings. The number of para-hydroxylation sites is 1. The molecule has 7 heteroatoms. The highest BCUT2D eigenvalue weighted by Crippen LogP contribution is 2.36. The quantitative estimate of drug-likeness (QED) is 0.724. The molecular formula is C20H23NO6. The SMILES string of the molecule is CC(=O)n1cc([C@@H]2C=C(C(=O)O)O[C@H](OCCCCO)C2)c2ccccc21. The number of aliphatic hydroxyl groups excluding tert-OH is 1. The second kappa shape index (κ2) is 8.37. The zero-order chi connectivity index (χ0) is 19.4. The first kappa shape index (κ1) is 19.1. The number of hydrogen-bond donors (Lipinski definition) is 2. The van der Waals surface area contributed by atoms with E-state index in [1.807, 2.05) is 24.3 Å². The monoisotopic (exact) mass is 373 g/mol. The Morgan fingerprint density at radius 1 is 1.30 bits per heavy atom. The Hall–Kier alpha value is -2.64. The summed E-state index contributed by atoms with van der Waals surface area (Å²) in [5.74, 6) is -1.67. The number of allylic oxidation sites excluding steroid dienone is 1. The molecule has 0 amide bonds. The van der Waals surface area contributed by atoms with E-state index in [-0.39, 0.29) is 24.2 Å². The fourth-order valence-corrected chi connectivity index (χ4v) is 3.32. The largest absolute Gasteiger partial charge is 0.475 e. The summed E-state index contributed by atoms with van der Waals surface area (Å²) in [7, 11) is 0. The summed E-state index contributed by atoms with van der Waals surface area (Å²) in [5, 5.41) is 19.2. The van der Waals surface area contributed by atoms with Crippen LogP contribution in [0.2, 0.25) is 0 Å². The van der Waals surface area contributed by atoms with Gasteiger partial charge in [-0.05, 0) is 30.5 Å². The molecule has 0 unspecified atom stereocenters. The molecule has 144 valence electrons. The lowest BCUT2D eigenvalue weighted by molar-refractivity contribution is -0.157. The van der Waals surface area contributed by atoms with Gasteiger partial charge in [-0.2, -0.15) is 0 Å². The second-order valence-electron chi connectivity index (χ2n) is 6.52. The van der Waals surface area contributed by atoms with E-state index in [1.165, 1.54) is 6.92 Å². The van der Waals surface area contributed by atoms with Crippen LogP contribution in [-0.4, -0.2) is 46.2 Å². The van der Waals surface area contributed by atoms with Gasteiger partial charge >= 0.3 is 5.97 Å². The van der Waals surface area contributed by atoms with Crippen molar-refractivity contribution < 1.29 is 29.3 Å². The number of nitrogens with zero attached hydrogens (tertiary/aromatic N) is 1. The van der Waals surface area contributed by atoms with Crippen LogP contribution in [0.25, 0.3) is 10.9 Å². The highest BCUT2D eigenvalue weighted by molar-refractivity contribution is 5.94. The number of ether oxygens (including phenoxy) is 2. The van der Waals surface area contributed by atoms with Crippen LogP contribution in [-0.2, 0) is 14.3 Å². The van der Waals surface area contributed by atoms with Gasteiger partial charge in [-0.25, -0.2) is 4.79 Å². The summed E-state index contributed by atoms with van der Waals surface area (Å²) < 4.78 is 12.7. The van der Waals surface area contributed by atoms with Crippen LogP contribution in [0.4, 0.5) is 0 Å². The number of aliphatic carboxylic acids is 1. The molecule has 3 rings (SSSR count). The number of carboxylic acids is 1. The average molecular weight is 373 g/mol. The number of aromatic nitrogens is 1. The lowest BCUT2D eigenvalue weighted by Gasteiger charge is -2.28. The van der Waals surface area contributed by atoms with Crippen molar-refractivity contribution in [3.8, 4) is 0 Å². The number of carbonyl (C=O) groups excluding carboxylic acids is 1. The Bertz CT molecular complexity index is 868. The predicted molar refractivity (Wildman–Crippen MR) is 98.5 cm³/mol. The molecule has 2 N–H and O–H groups in total. The van der Waals surface area contributed by atoms with E-state index in [0.29, 0.717) is 25.9 Å².